The number of hydrogen-bond acceptors (Lipinski definition) is 5. The fraction of sp³-hybridized carbons (Fsp3) is 0. The highest BCUT2D eigenvalue weighted by molar-refractivity contribution is 7.99. The summed E-state index contributed by atoms with van der Waals surface area (Å²) in [6.07, 6.45) is 3.95. The molecule has 5 aromatic carbocycles. The van der Waals surface area contributed by atoms with Crippen LogP contribution in [0.4, 0.5) is 0 Å². The number of benzene rings is 5. The third-order valence-electron chi connectivity index (χ3n) is 7.92. The van der Waals surface area contributed by atoms with Crippen LogP contribution in [0.2, 0.25) is 0 Å². The Balaban J connectivity index is 1.35. The molecule has 1 aliphatic rings. The van der Waals surface area contributed by atoms with Crippen molar-refractivity contribution in [2.24, 2.45) is 0 Å². The first-order valence-electron chi connectivity index (χ1n) is 13.8. The van der Waals surface area contributed by atoms with E-state index < -0.39 is 0 Å². The first-order chi connectivity index (χ1) is 20.8. The molecular weight excluding hydrogens is 534 g/mol. The zero-order valence-electron chi connectivity index (χ0n) is 22.3. The lowest BCUT2D eigenvalue weighted by Gasteiger charge is -2.20. The van der Waals surface area contributed by atoms with Crippen LogP contribution in [-0.2, 0) is 0 Å². The number of hydrogen-bond donors (Lipinski definition) is 0. The fourth-order valence-corrected chi connectivity index (χ4v) is 7.17. The molecule has 3 aromatic heterocycles. The van der Waals surface area contributed by atoms with Gasteiger partial charge in [0.25, 0.3) is 0 Å². The van der Waals surface area contributed by atoms with E-state index in [1.165, 1.54) is 26.3 Å². The Bertz CT molecular complexity index is 2270. The lowest BCUT2D eigenvalue weighted by atomic mass is 9.98. The molecule has 0 spiro atoms. The molecule has 0 atom stereocenters. The van der Waals surface area contributed by atoms with E-state index in [0.717, 1.165) is 38.3 Å². The molecule has 0 bridgehead atoms. The number of rotatable bonds is 3. The van der Waals surface area contributed by atoms with Gasteiger partial charge in [0.2, 0.25) is 5.95 Å². The molecule has 0 N–H and O–H groups in total. The molecule has 0 radical (unpaired) electrons. The molecule has 0 unspecified atom stereocenters. The number of fused-ring (bicyclic) bond motifs is 5. The van der Waals surface area contributed by atoms with Gasteiger partial charge in [0.15, 0.2) is 11.6 Å². The maximum atomic E-state index is 5.08. The van der Waals surface area contributed by atoms with E-state index in [-0.39, 0.29) is 0 Å². The molecule has 0 saturated carbocycles. The summed E-state index contributed by atoms with van der Waals surface area (Å²) < 4.78 is 2.19. The SMILES string of the molecule is c1ccc(-c2nc(-c3ccccc3)nc(-n3c4ccccc4c4cc5c(cc43)Sc3cccc4cncc-5c34)n2)cc1. The zero-order chi connectivity index (χ0) is 27.6. The second-order valence-corrected chi connectivity index (χ2v) is 11.5. The predicted octanol–water partition coefficient (Wildman–Crippen LogP) is 8.98. The van der Waals surface area contributed by atoms with Gasteiger partial charge in [0.1, 0.15) is 0 Å². The number of pyridine rings is 1. The van der Waals surface area contributed by atoms with Gasteiger partial charge in [-0.1, -0.05) is 103 Å². The zero-order valence-corrected chi connectivity index (χ0v) is 23.1. The van der Waals surface area contributed by atoms with Gasteiger partial charge in [-0.3, -0.25) is 9.55 Å². The van der Waals surface area contributed by atoms with Crippen LogP contribution in [0, 0.1) is 0 Å². The molecule has 6 heteroatoms. The lowest BCUT2D eigenvalue weighted by molar-refractivity contribution is 0.952. The van der Waals surface area contributed by atoms with Crippen LogP contribution in [0.25, 0.3) is 72.4 Å². The number of nitrogens with zero attached hydrogens (tertiary/aromatic N) is 5. The molecule has 9 rings (SSSR count). The maximum Gasteiger partial charge on any atom is 0.238 e. The minimum Gasteiger partial charge on any atom is -0.278 e. The van der Waals surface area contributed by atoms with E-state index in [4.69, 9.17) is 15.0 Å². The van der Waals surface area contributed by atoms with Gasteiger partial charge < -0.3 is 0 Å². The third-order valence-corrected chi connectivity index (χ3v) is 9.03. The van der Waals surface area contributed by atoms with Gasteiger partial charge in [0, 0.05) is 60.4 Å². The minimum atomic E-state index is 0.596. The molecule has 0 saturated heterocycles. The summed E-state index contributed by atoms with van der Waals surface area (Å²) in [5.74, 6) is 1.88. The third kappa shape index (κ3) is 3.52. The van der Waals surface area contributed by atoms with Crippen LogP contribution < -0.4 is 0 Å². The average Bonchev–Trinajstić information content (AvgIpc) is 3.38. The summed E-state index contributed by atoms with van der Waals surface area (Å²) in [6, 6.07) is 39.8. The van der Waals surface area contributed by atoms with Crippen LogP contribution in [0.15, 0.2) is 137 Å². The van der Waals surface area contributed by atoms with Crippen molar-refractivity contribution in [3.63, 3.8) is 0 Å². The molecule has 42 heavy (non-hydrogen) atoms. The van der Waals surface area contributed by atoms with Crippen molar-refractivity contribution in [1.82, 2.24) is 24.5 Å². The summed E-state index contributed by atoms with van der Waals surface area (Å²) in [5.41, 5.74) is 6.39. The molecule has 8 aromatic rings. The molecule has 196 valence electrons. The molecule has 1 aliphatic heterocycles. The highest BCUT2D eigenvalue weighted by Crippen LogP contribution is 2.49. The standard InChI is InChI=1S/C36H21N5S/c1-3-10-22(11-4-1)34-38-35(23-12-5-2-6-13-23)40-36(39-34)41-29-16-8-7-15-25(29)26-18-27-28-21-37-20-24-14-9-17-31(33(24)28)42-32(27)19-30(26)41/h1-21H. The van der Waals surface area contributed by atoms with Gasteiger partial charge in [-0.25, -0.2) is 4.98 Å². The Morgan fingerprint density at radius 2 is 1.24 bits per heavy atom. The highest BCUT2D eigenvalue weighted by atomic mass is 32.2. The van der Waals surface area contributed by atoms with Crippen LogP contribution in [-0.4, -0.2) is 24.5 Å². The molecule has 0 aliphatic carbocycles. The van der Waals surface area contributed by atoms with Crippen molar-refractivity contribution in [1.29, 1.82) is 0 Å². The Labute approximate surface area is 245 Å². The second-order valence-electron chi connectivity index (χ2n) is 10.4. The topological polar surface area (TPSA) is 56.5 Å². The lowest BCUT2D eigenvalue weighted by Crippen LogP contribution is -2.06. The second kappa shape index (κ2) is 9.09. The van der Waals surface area contributed by atoms with Crippen molar-refractivity contribution in [2.75, 3.05) is 0 Å². The molecule has 0 fully saturated rings. The van der Waals surface area contributed by atoms with Crippen LogP contribution in [0.3, 0.4) is 0 Å². The van der Waals surface area contributed by atoms with Crippen molar-refractivity contribution < 1.29 is 0 Å². The van der Waals surface area contributed by atoms with Crippen LogP contribution in [0.5, 0.6) is 0 Å². The Hall–Kier alpha value is -5.33. The quantitative estimate of drug-likeness (QED) is 0.218. The van der Waals surface area contributed by atoms with Gasteiger partial charge in [-0.05, 0) is 29.8 Å². The monoisotopic (exact) mass is 555 g/mol. The van der Waals surface area contributed by atoms with E-state index in [0.29, 0.717) is 17.6 Å². The molecule has 0 amide bonds. The minimum absolute atomic E-state index is 0.596. The van der Waals surface area contributed by atoms with E-state index >= 15 is 0 Å². The van der Waals surface area contributed by atoms with Crippen molar-refractivity contribution in [2.45, 2.75) is 9.79 Å². The summed E-state index contributed by atoms with van der Waals surface area (Å²) in [7, 11) is 0. The molecule has 4 heterocycles. The van der Waals surface area contributed by atoms with Crippen molar-refractivity contribution in [3.05, 3.63) is 128 Å². The summed E-state index contributed by atoms with van der Waals surface area (Å²) in [4.78, 5) is 22.1. The Kier molecular flexibility index (Phi) is 5.06. The van der Waals surface area contributed by atoms with E-state index in [1.807, 2.05) is 84.8 Å². The summed E-state index contributed by atoms with van der Waals surface area (Å²) in [6.45, 7) is 0. The van der Waals surface area contributed by atoms with Gasteiger partial charge >= 0.3 is 0 Å². The summed E-state index contributed by atoms with van der Waals surface area (Å²) in [5, 5.41) is 4.75. The van der Waals surface area contributed by atoms with Gasteiger partial charge in [-0.2, -0.15) is 9.97 Å². The van der Waals surface area contributed by atoms with Crippen LogP contribution >= 0.6 is 11.8 Å². The molecule has 5 nitrogen and oxygen atoms in total. The van der Waals surface area contributed by atoms with Crippen molar-refractivity contribution in [3.8, 4) is 39.9 Å². The van der Waals surface area contributed by atoms with Gasteiger partial charge in [0.05, 0.1) is 11.0 Å². The predicted molar refractivity (Wildman–Crippen MR) is 170 cm³/mol. The number of aromatic nitrogens is 5. The van der Waals surface area contributed by atoms with E-state index in [1.54, 1.807) is 0 Å². The van der Waals surface area contributed by atoms with E-state index in [9.17, 15) is 0 Å². The Morgan fingerprint density at radius 1 is 0.524 bits per heavy atom. The molecular formula is C36H21N5S. The van der Waals surface area contributed by atoms with Crippen LogP contribution in [0.1, 0.15) is 0 Å². The largest absolute Gasteiger partial charge is 0.278 e. The first-order valence-corrected chi connectivity index (χ1v) is 14.6. The smallest absolute Gasteiger partial charge is 0.238 e. The van der Waals surface area contributed by atoms with E-state index in [2.05, 4.69) is 64.1 Å². The van der Waals surface area contributed by atoms with Crippen molar-refractivity contribution >= 4 is 44.3 Å². The van der Waals surface area contributed by atoms with Gasteiger partial charge in [-0.15, -0.1) is 0 Å². The maximum absolute atomic E-state index is 5.08. The Morgan fingerprint density at radius 3 is 2.00 bits per heavy atom. The normalized spacial score (nSPS) is 12.2. The number of para-hydroxylation sites is 1. The average molecular weight is 556 g/mol. The fourth-order valence-electron chi connectivity index (χ4n) is 6.01. The highest BCUT2D eigenvalue weighted by Gasteiger charge is 2.24. The first kappa shape index (κ1) is 23.4. The summed E-state index contributed by atoms with van der Waals surface area (Å²) >= 11 is 1.81.